The Balaban J connectivity index is 0.000000159. The van der Waals surface area contributed by atoms with E-state index in [-0.39, 0.29) is 10.8 Å². The second-order valence-electron chi connectivity index (χ2n) is 20.1. The van der Waals surface area contributed by atoms with Gasteiger partial charge >= 0.3 is 0 Å². The van der Waals surface area contributed by atoms with Crippen molar-refractivity contribution in [1.82, 2.24) is 0 Å². The zero-order chi connectivity index (χ0) is 47.2. The lowest BCUT2D eigenvalue weighted by Gasteiger charge is -2.34. The summed E-state index contributed by atoms with van der Waals surface area (Å²) in [5, 5.41) is 0. The van der Waals surface area contributed by atoms with Crippen molar-refractivity contribution in [2.45, 2.75) is 91.9 Å². The summed E-state index contributed by atoms with van der Waals surface area (Å²) in [5.74, 6) is 0. The van der Waals surface area contributed by atoms with E-state index >= 15 is 0 Å². The average molecular weight is 889 g/mol. The van der Waals surface area contributed by atoms with E-state index in [1.807, 2.05) is 0 Å². The summed E-state index contributed by atoms with van der Waals surface area (Å²) in [6, 6.07) is 65.1. The van der Waals surface area contributed by atoms with Crippen molar-refractivity contribution in [2.24, 2.45) is 0 Å². The lowest BCUT2D eigenvalue weighted by Crippen LogP contribution is -2.31. The topological polar surface area (TPSA) is 6.48 Å². The summed E-state index contributed by atoms with van der Waals surface area (Å²) in [6.07, 6.45) is 4.05. The van der Waals surface area contributed by atoms with Gasteiger partial charge in [-0.25, -0.2) is 0 Å². The van der Waals surface area contributed by atoms with Crippen LogP contribution in [0.1, 0.15) is 94.5 Å². The van der Waals surface area contributed by atoms with Crippen molar-refractivity contribution < 1.29 is 0 Å². The Morgan fingerprint density at radius 3 is 1.22 bits per heavy atom. The zero-order valence-corrected chi connectivity index (χ0v) is 41.7. The maximum Gasteiger partial charge on any atom is 0.0369 e. The molecule has 8 aromatic rings. The first-order valence-corrected chi connectivity index (χ1v) is 25.4. The molecule has 1 spiro atoms. The lowest BCUT2D eigenvalue weighted by molar-refractivity contribution is 0.520. The Morgan fingerprint density at radius 2 is 0.735 bits per heavy atom. The number of aryl methyl sites for hydroxylation is 4. The highest BCUT2D eigenvalue weighted by Gasteiger charge is 2.46. The predicted octanol–water partition coefficient (Wildman–Crippen LogP) is 15.8. The molecule has 0 atom stereocenters. The molecule has 0 saturated carbocycles. The van der Waals surface area contributed by atoms with Crippen molar-refractivity contribution in [2.75, 3.05) is 36.0 Å². The fraction of sp³-hybridized carbons (Fsp3) is 0.273. The summed E-state index contributed by atoms with van der Waals surface area (Å²) >= 11 is 0. The van der Waals surface area contributed by atoms with Gasteiger partial charge in [0.1, 0.15) is 0 Å². The summed E-state index contributed by atoms with van der Waals surface area (Å²) < 4.78 is 0. The quantitative estimate of drug-likeness (QED) is 0.135. The van der Waals surface area contributed by atoms with Crippen LogP contribution in [0.4, 0.5) is 11.4 Å². The van der Waals surface area contributed by atoms with E-state index in [0.29, 0.717) is 0 Å². The average Bonchev–Trinajstić information content (AvgIpc) is 3.70. The molecule has 0 fully saturated rings. The van der Waals surface area contributed by atoms with Crippen LogP contribution in [0.2, 0.25) is 0 Å². The third-order valence-corrected chi connectivity index (χ3v) is 15.8. The van der Waals surface area contributed by atoms with Crippen LogP contribution in [-0.4, -0.2) is 26.2 Å². The van der Waals surface area contributed by atoms with Gasteiger partial charge in [0.15, 0.2) is 0 Å². The van der Waals surface area contributed by atoms with Gasteiger partial charge in [0.05, 0.1) is 0 Å². The maximum absolute atomic E-state index is 2.51. The van der Waals surface area contributed by atoms with Crippen LogP contribution in [0, 0.1) is 27.7 Å². The van der Waals surface area contributed by atoms with E-state index in [1.54, 1.807) is 0 Å². The van der Waals surface area contributed by atoms with Crippen LogP contribution in [0.5, 0.6) is 0 Å². The first kappa shape index (κ1) is 45.2. The molecule has 0 saturated heterocycles. The second kappa shape index (κ2) is 18.5. The number of hydrogen-bond acceptors (Lipinski definition) is 2. The summed E-state index contributed by atoms with van der Waals surface area (Å²) in [7, 11) is 0. The maximum atomic E-state index is 2.51. The van der Waals surface area contributed by atoms with Crippen molar-refractivity contribution in [3.05, 3.63) is 237 Å². The first-order chi connectivity index (χ1) is 33.1. The van der Waals surface area contributed by atoms with Gasteiger partial charge in [0.2, 0.25) is 0 Å². The summed E-state index contributed by atoms with van der Waals surface area (Å²) in [5.41, 5.74) is 27.9. The molecular formula is C66H68N2. The highest BCUT2D eigenvalue weighted by Crippen LogP contribution is 2.56. The molecule has 0 unspecified atom stereocenters. The molecule has 0 radical (unpaired) electrons. The molecule has 0 N–H and O–H groups in total. The van der Waals surface area contributed by atoms with E-state index in [4.69, 9.17) is 0 Å². The van der Waals surface area contributed by atoms with Crippen molar-refractivity contribution in [1.29, 1.82) is 0 Å². The molecule has 2 nitrogen and oxygen atoms in total. The minimum absolute atomic E-state index is 0.0589. The third kappa shape index (κ3) is 7.96. The Bertz CT molecular complexity index is 3010. The van der Waals surface area contributed by atoms with Crippen LogP contribution < -0.4 is 9.80 Å². The molecule has 0 aromatic heterocycles. The molecular weight excluding hydrogens is 821 g/mol. The molecule has 8 aromatic carbocycles. The van der Waals surface area contributed by atoms with Crippen molar-refractivity contribution in [3.8, 4) is 33.4 Å². The number of fused-ring (bicyclic) bond motifs is 11. The van der Waals surface area contributed by atoms with Gasteiger partial charge in [-0.15, -0.1) is 0 Å². The van der Waals surface area contributed by atoms with Gasteiger partial charge < -0.3 is 9.80 Å². The van der Waals surface area contributed by atoms with E-state index in [2.05, 4.69) is 235 Å². The molecule has 0 bridgehead atoms. The van der Waals surface area contributed by atoms with Gasteiger partial charge in [0, 0.05) is 48.4 Å². The van der Waals surface area contributed by atoms with Crippen molar-refractivity contribution in [3.63, 3.8) is 0 Å². The number of hydrogen-bond donors (Lipinski definition) is 0. The van der Waals surface area contributed by atoms with Crippen LogP contribution >= 0.6 is 0 Å². The lowest BCUT2D eigenvalue weighted by atomic mass is 9.69. The van der Waals surface area contributed by atoms with Gasteiger partial charge in [0.25, 0.3) is 0 Å². The van der Waals surface area contributed by atoms with Crippen LogP contribution in [0.15, 0.2) is 170 Å². The van der Waals surface area contributed by atoms with E-state index in [0.717, 1.165) is 51.9 Å². The van der Waals surface area contributed by atoms with E-state index in [9.17, 15) is 0 Å². The molecule has 3 aliphatic rings. The fourth-order valence-electron chi connectivity index (χ4n) is 12.4. The standard InChI is InChI=1S/C33H33N.C33H35N/c1-5-34(6-2)26-13-16-30-29-9-7-8-10-31(29)33(32(30)19-26)20-24-17-22(3)11-14-27(24)28-15-12-23(4)18-25(28)21-33;1-5-34(6-2)28-19-20-30-29-9-7-8-10-31(29)33(32(30)21-28,22-26-15-11-24(3)12-16-26)23-27-17-13-25(4)14-18-27/h7-19H,5-6,20-21H2,1-4H3;7-21H,5-6,22-23H2,1-4H3. The number of benzene rings is 8. The second-order valence-corrected chi connectivity index (χ2v) is 20.1. The molecule has 2 heteroatoms. The molecule has 68 heavy (non-hydrogen) atoms. The monoisotopic (exact) mass is 889 g/mol. The zero-order valence-electron chi connectivity index (χ0n) is 41.7. The molecule has 3 aliphatic carbocycles. The Hall–Kier alpha value is -6.64. The van der Waals surface area contributed by atoms with Gasteiger partial charge in [-0.05, 0) is 183 Å². The third-order valence-electron chi connectivity index (χ3n) is 15.8. The largest absolute Gasteiger partial charge is 0.372 e. The van der Waals surface area contributed by atoms with Gasteiger partial charge in [-0.3, -0.25) is 0 Å². The predicted molar refractivity (Wildman–Crippen MR) is 291 cm³/mol. The summed E-state index contributed by atoms with van der Waals surface area (Å²) in [6.45, 7) is 21.9. The smallest absolute Gasteiger partial charge is 0.0369 e. The van der Waals surface area contributed by atoms with E-state index < -0.39 is 0 Å². The SMILES string of the molecule is CCN(CC)c1ccc2c(c1)C(Cc1ccc(C)cc1)(Cc1ccc(C)cc1)c1ccccc1-2.CCN(CC)c1ccc2c(c1)C1(Cc3cc(C)ccc3-c3ccc(C)cc3C1)c1ccccc1-2. The van der Waals surface area contributed by atoms with Gasteiger partial charge in [-0.1, -0.05) is 168 Å². The highest BCUT2D eigenvalue weighted by molar-refractivity contribution is 5.86. The first-order valence-electron chi connectivity index (χ1n) is 25.4. The highest BCUT2D eigenvalue weighted by atomic mass is 15.1. The van der Waals surface area contributed by atoms with Crippen LogP contribution in [0.3, 0.4) is 0 Å². The number of anilines is 2. The normalized spacial score (nSPS) is 14.1. The number of rotatable bonds is 10. The Kier molecular flexibility index (Phi) is 12.3. The number of nitrogens with zero attached hydrogens (tertiary/aromatic N) is 2. The van der Waals surface area contributed by atoms with Crippen LogP contribution in [0.25, 0.3) is 33.4 Å². The fourth-order valence-corrected chi connectivity index (χ4v) is 12.4. The molecule has 0 amide bonds. The Morgan fingerprint density at radius 1 is 0.353 bits per heavy atom. The van der Waals surface area contributed by atoms with E-state index in [1.165, 1.54) is 112 Å². The molecule has 11 rings (SSSR count). The summed E-state index contributed by atoms with van der Waals surface area (Å²) in [4.78, 5) is 4.94. The minimum atomic E-state index is -0.0976. The molecule has 342 valence electrons. The molecule has 0 aliphatic heterocycles. The van der Waals surface area contributed by atoms with Crippen LogP contribution in [-0.2, 0) is 36.5 Å². The minimum Gasteiger partial charge on any atom is -0.372 e. The van der Waals surface area contributed by atoms with Gasteiger partial charge in [-0.2, -0.15) is 0 Å². The molecule has 0 heterocycles. The Labute approximate surface area is 407 Å². The van der Waals surface area contributed by atoms with Crippen molar-refractivity contribution >= 4 is 11.4 Å².